The lowest BCUT2D eigenvalue weighted by Crippen LogP contribution is -2.43. The lowest BCUT2D eigenvalue weighted by molar-refractivity contribution is -0.125. The summed E-state index contributed by atoms with van der Waals surface area (Å²) >= 11 is 2.78. The van der Waals surface area contributed by atoms with Gasteiger partial charge in [0.25, 0.3) is 0 Å². The molecule has 0 aromatic carbocycles. The molecular formula is C12H14N4O2S2. The van der Waals surface area contributed by atoms with E-state index in [-0.39, 0.29) is 18.2 Å². The molecule has 1 aromatic heterocycles. The lowest BCUT2D eigenvalue weighted by atomic mass is 10.2. The van der Waals surface area contributed by atoms with E-state index >= 15 is 0 Å². The van der Waals surface area contributed by atoms with Crippen LogP contribution in [0.1, 0.15) is 18.2 Å². The van der Waals surface area contributed by atoms with Gasteiger partial charge in [-0.2, -0.15) is 5.10 Å². The van der Waals surface area contributed by atoms with Crippen LogP contribution in [0.3, 0.4) is 0 Å². The SMILES string of the molecule is CNC(=O)[C@@H]1CC(=O)N/C(=N\N=C(C)c2cccs2)S1. The second kappa shape index (κ2) is 6.67. The van der Waals surface area contributed by atoms with E-state index in [1.54, 1.807) is 18.4 Å². The van der Waals surface area contributed by atoms with E-state index in [1.807, 2.05) is 24.4 Å². The molecule has 2 heterocycles. The Bertz CT molecular complexity index is 566. The summed E-state index contributed by atoms with van der Waals surface area (Å²) in [6.07, 6.45) is 0.150. The van der Waals surface area contributed by atoms with Crippen molar-refractivity contribution >= 4 is 45.8 Å². The summed E-state index contributed by atoms with van der Waals surface area (Å²) in [5.41, 5.74) is 0.768. The second-order valence-electron chi connectivity index (χ2n) is 4.04. The Morgan fingerprint density at radius 3 is 3.00 bits per heavy atom. The first-order chi connectivity index (χ1) is 9.60. The third-order valence-electron chi connectivity index (χ3n) is 2.58. The highest BCUT2D eigenvalue weighted by molar-refractivity contribution is 8.15. The van der Waals surface area contributed by atoms with Crippen LogP contribution >= 0.6 is 23.1 Å². The van der Waals surface area contributed by atoms with Crippen molar-refractivity contribution in [1.29, 1.82) is 0 Å². The number of carbonyl (C=O) groups excluding carboxylic acids is 2. The van der Waals surface area contributed by atoms with Crippen molar-refractivity contribution in [3.63, 3.8) is 0 Å². The molecule has 1 aromatic rings. The van der Waals surface area contributed by atoms with Crippen molar-refractivity contribution in [1.82, 2.24) is 10.6 Å². The van der Waals surface area contributed by atoms with Gasteiger partial charge in [-0.3, -0.25) is 9.59 Å². The van der Waals surface area contributed by atoms with Crippen molar-refractivity contribution in [3.8, 4) is 0 Å². The number of thioether (sulfide) groups is 1. The average Bonchev–Trinajstić information content (AvgIpc) is 2.97. The fourth-order valence-electron chi connectivity index (χ4n) is 1.55. The monoisotopic (exact) mass is 310 g/mol. The maximum absolute atomic E-state index is 11.6. The molecule has 1 fully saturated rings. The van der Waals surface area contributed by atoms with Gasteiger partial charge in [0.15, 0.2) is 5.17 Å². The van der Waals surface area contributed by atoms with Crippen LogP contribution in [-0.4, -0.2) is 35.0 Å². The number of hydrogen-bond acceptors (Lipinski definition) is 6. The predicted octanol–water partition coefficient (Wildman–Crippen LogP) is 1.20. The summed E-state index contributed by atoms with van der Waals surface area (Å²) in [6.45, 7) is 1.85. The molecule has 0 spiro atoms. The number of amidine groups is 1. The Kier molecular flexibility index (Phi) is 4.91. The van der Waals surface area contributed by atoms with Gasteiger partial charge < -0.3 is 10.6 Å². The molecule has 8 heteroatoms. The molecule has 0 bridgehead atoms. The number of rotatable bonds is 3. The standard InChI is InChI=1S/C12H14N4O2S2/c1-7(8-4-3-5-19-8)15-16-12-14-10(17)6-9(20-12)11(18)13-2/h3-5,9H,6H2,1-2H3,(H,13,18)(H,14,16,17)/t9-/m0/s1. The maximum atomic E-state index is 11.6. The molecule has 0 radical (unpaired) electrons. The third kappa shape index (κ3) is 3.67. The van der Waals surface area contributed by atoms with E-state index in [9.17, 15) is 9.59 Å². The summed E-state index contributed by atoms with van der Waals surface area (Å²) < 4.78 is 0. The van der Waals surface area contributed by atoms with Gasteiger partial charge in [-0.1, -0.05) is 17.8 Å². The number of nitrogens with zero attached hydrogens (tertiary/aromatic N) is 2. The average molecular weight is 310 g/mol. The summed E-state index contributed by atoms with van der Waals surface area (Å²) in [5, 5.41) is 15.1. The Morgan fingerprint density at radius 1 is 1.55 bits per heavy atom. The first-order valence-corrected chi connectivity index (χ1v) is 7.70. The summed E-state index contributed by atoms with van der Waals surface area (Å²) in [5.74, 6) is -0.406. The number of nitrogens with one attached hydrogen (secondary N) is 2. The number of hydrogen-bond donors (Lipinski definition) is 2. The van der Waals surface area contributed by atoms with Crippen LogP contribution in [0.4, 0.5) is 0 Å². The van der Waals surface area contributed by atoms with E-state index in [2.05, 4.69) is 20.8 Å². The van der Waals surface area contributed by atoms with Gasteiger partial charge in [-0.15, -0.1) is 16.4 Å². The van der Waals surface area contributed by atoms with Gasteiger partial charge in [0.2, 0.25) is 11.8 Å². The summed E-state index contributed by atoms with van der Waals surface area (Å²) in [4.78, 5) is 24.1. The molecule has 1 saturated heterocycles. The molecule has 20 heavy (non-hydrogen) atoms. The van der Waals surface area contributed by atoms with Gasteiger partial charge in [0, 0.05) is 13.5 Å². The molecule has 106 valence electrons. The zero-order valence-electron chi connectivity index (χ0n) is 11.0. The Hall–Kier alpha value is -1.67. The molecule has 0 aliphatic carbocycles. The van der Waals surface area contributed by atoms with Crippen molar-refractivity contribution in [2.75, 3.05) is 7.05 Å². The minimum absolute atomic E-state index is 0.150. The highest BCUT2D eigenvalue weighted by Gasteiger charge is 2.29. The van der Waals surface area contributed by atoms with Crippen molar-refractivity contribution < 1.29 is 9.59 Å². The van der Waals surface area contributed by atoms with Crippen LogP contribution in [0.15, 0.2) is 27.7 Å². The second-order valence-corrected chi connectivity index (χ2v) is 6.18. The largest absolute Gasteiger partial charge is 0.358 e. The topological polar surface area (TPSA) is 82.9 Å². The van der Waals surface area contributed by atoms with E-state index in [0.29, 0.717) is 5.17 Å². The number of amides is 2. The third-order valence-corrected chi connectivity index (χ3v) is 4.63. The summed E-state index contributed by atoms with van der Waals surface area (Å²) in [6, 6.07) is 3.88. The van der Waals surface area contributed by atoms with Gasteiger partial charge in [-0.05, 0) is 18.4 Å². The zero-order chi connectivity index (χ0) is 14.5. The first kappa shape index (κ1) is 14.7. The van der Waals surface area contributed by atoms with Crippen molar-refractivity contribution in [2.24, 2.45) is 10.2 Å². The Labute approximate surface area is 124 Å². The number of carbonyl (C=O) groups is 2. The Balaban J connectivity index is 2.11. The van der Waals surface area contributed by atoms with Gasteiger partial charge >= 0.3 is 0 Å². The maximum Gasteiger partial charge on any atom is 0.233 e. The summed E-state index contributed by atoms with van der Waals surface area (Å²) in [7, 11) is 1.55. The smallest absolute Gasteiger partial charge is 0.233 e. The van der Waals surface area contributed by atoms with Crippen LogP contribution in [0, 0.1) is 0 Å². The normalized spacial score (nSPS) is 21.7. The molecule has 2 amide bonds. The lowest BCUT2D eigenvalue weighted by Gasteiger charge is -2.20. The fraction of sp³-hybridized carbons (Fsp3) is 0.333. The molecule has 1 aliphatic rings. The zero-order valence-corrected chi connectivity index (χ0v) is 12.7. The Morgan fingerprint density at radius 2 is 2.35 bits per heavy atom. The molecule has 1 atom stereocenters. The van der Waals surface area contributed by atoms with Crippen LogP contribution in [0.2, 0.25) is 0 Å². The van der Waals surface area contributed by atoms with Gasteiger partial charge in [0.1, 0.15) is 0 Å². The molecule has 2 N–H and O–H groups in total. The minimum atomic E-state index is -0.454. The fourth-order valence-corrected chi connectivity index (χ4v) is 3.22. The van der Waals surface area contributed by atoms with Crippen LogP contribution in [-0.2, 0) is 9.59 Å². The van der Waals surface area contributed by atoms with E-state index in [4.69, 9.17) is 0 Å². The highest BCUT2D eigenvalue weighted by atomic mass is 32.2. The predicted molar refractivity (Wildman–Crippen MR) is 82.2 cm³/mol. The van der Waals surface area contributed by atoms with Gasteiger partial charge in [-0.25, -0.2) is 0 Å². The minimum Gasteiger partial charge on any atom is -0.358 e. The van der Waals surface area contributed by atoms with Crippen LogP contribution < -0.4 is 10.6 Å². The molecule has 2 rings (SSSR count). The first-order valence-electron chi connectivity index (χ1n) is 5.94. The molecular weight excluding hydrogens is 296 g/mol. The molecule has 0 saturated carbocycles. The van der Waals surface area contributed by atoms with Crippen LogP contribution in [0.5, 0.6) is 0 Å². The van der Waals surface area contributed by atoms with Crippen molar-refractivity contribution in [2.45, 2.75) is 18.6 Å². The number of thiophene rings is 1. The molecule has 1 aliphatic heterocycles. The molecule has 6 nitrogen and oxygen atoms in total. The van der Waals surface area contributed by atoms with Crippen LogP contribution in [0.25, 0.3) is 0 Å². The highest BCUT2D eigenvalue weighted by Crippen LogP contribution is 2.21. The quantitative estimate of drug-likeness (QED) is 0.650. The van der Waals surface area contributed by atoms with Gasteiger partial charge in [0.05, 0.1) is 15.8 Å². The molecule has 0 unspecified atom stereocenters. The van der Waals surface area contributed by atoms with E-state index in [0.717, 1.165) is 10.6 Å². The van der Waals surface area contributed by atoms with Crippen molar-refractivity contribution in [3.05, 3.63) is 22.4 Å². The van der Waals surface area contributed by atoms with E-state index < -0.39 is 5.25 Å². The van der Waals surface area contributed by atoms with E-state index in [1.165, 1.54) is 11.8 Å².